The molecule has 0 radical (unpaired) electrons. The number of aliphatic hydroxyl groups is 1. The number of hydrogen-bond donors (Lipinski definition) is 3. The fourth-order valence-corrected chi connectivity index (χ4v) is 2.82. The Labute approximate surface area is 118 Å². The maximum atomic E-state index is 11.3. The highest BCUT2D eigenvalue weighted by Gasteiger charge is 2.18. The third kappa shape index (κ3) is 2.61. The number of thioether (sulfide) groups is 1. The summed E-state index contributed by atoms with van der Waals surface area (Å²) in [6.07, 6.45) is 0. The van der Waals surface area contributed by atoms with Crippen LogP contribution >= 0.6 is 11.8 Å². The lowest BCUT2D eigenvalue weighted by Crippen LogP contribution is -2.04. The molecule has 2 aromatic rings. The van der Waals surface area contributed by atoms with Crippen molar-refractivity contribution in [3.63, 3.8) is 0 Å². The van der Waals surface area contributed by atoms with E-state index < -0.39 is 11.9 Å². The van der Waals surface area contributed by atoms with Gasteiger partial charge >= 0.3 is 11.9 Å². The summed E-state index contributed by atoms with van der Waals surface area (Å²) in [5.74, 6) is -1.87. The smallest absolute Gasteiger partial charge is 0.336 e. The topological polar surface area (TPSA) is 94.8 Å². The lowest BCUT2D eigenvalue weighted by Gasteiger charge is -2.10. The van der Waals surface area contributed by atoms with E-state index in [0.717, 1.165) is 4.90 Å². The van der Waals surface area contributed by atoms with E-state index >= 15 is 0 Å². The average Bonchev–Trinajstić information content (AvgIpc) is 2.43. The number of aliphatic hydroxyl groups excluding tert-OH is 1. The molecule has 0 bridgehead atoms. The summed E-state index contributed by atoms with van der Waals surface area (Å²) >= 11 is 1.35. The number of carbonyl (C=O) groups is 2. The molecule has 0 saturated carbocycles. The van der Waals surface area contributed by atoms with Crippen LogP contribution in [0, 0.1) is 0 Å². The Morgan fingerprint density at radius 3 is 2.25 bits per heavy atom. The van der Waals surface area contributed by atoms with Gasteiger partial charge in [0.25, 0.3) is 0 Å². The van der Waals surface area contributed by atoms with Crippen LogP contribution in [0.25, 0.3) is 10.8 Å². The molecule has 0 fully saturated rings. The van der Waals surface area contributed by atoms with Gasteiger partial charge in [0.15, 0.2) is 0 Å². The summed E-state index contributed by atoms with van der Waals surface area (Å²) in [5.41, 5.74) is -0.0716. The maximum absolute atomic E-state index is 11.3. The van der Waals surface area contributed by atoms with Gasteiger partial charge in [-0.05, 0) is 23.6 Å². The van der Waals surface area contributed by atoms with Gasteiger partial charge in [-0.1, -0.05) is 12.1 Å². The molecule has 104 valence electrons. The molecule has 0 unspecified atom stereocenters. The second-order valence-corrected chi connectivity index (χ2v) is 5.16. The fourth-order valence-electron chi connectivity index (χ4n) is 2.02. The van der Waals surface area contributed by atoms with Crippen molar-refractivity contribution in [2.24, 2.45) is 0 Å². The molecule has 0 heterocycles. The van der Waals surface area contributed by atoms with Crippen LogP contribution in [0.2, 0.25) is 0 Å². The fraction of sp³-hybridized carbons (Fsp3) is 0.143. The van der Waals surface area contributed by atoms with E-state index in [-0.39, 0.29) is 23.1 Å². The van der Waals surface area contributed by atoms with E-state index in [9.17, 15) is 19.8 Å². The highest BCUT2D eigenvalue weighted by molar-refractivity contribution is 7.99. The van der Waals surface area contributed by atoms with Crippen LogP contribution in [-0.4, -0.2) is 39.6 Å². The Morgan fingerprint density at radius 2 is 1.65 bits per heavy atom. The minimum atomic E-state index is -1.16. The SMILES string of the molecule is O=C(O)c1cccc2c(SCCO)ccc(C(=O)O)c12. The number of carboxylic acids is 2. The number of fused-ring (bicyclic) bond motifs is 1. The normalized spacial score (nSPS) is 10.7. The highest BCUT2D eigenvalue weighted by atomic mass is 32.2. The monoisotopic (exact) mass is 292 g/mol. The standard InChI is InChI=1S/C14H12O5S/c15-6-7-20-11-5-4-10(14(18)19)12-8(11)2-1-3-9(12)13(16)17/h1-5,15H,6-7H2,(H,16,17)(H,18,19). The first-order valence-electron chi connectivity index (χ1n) is 5.82. The van der Waals surface area contributed by atoms with Crippen LogP contribution in [0.3, 0.4) is 0 Å². The van der Waals surface area contributed by atoms with Crippen LogP contribution in [-0.2, 0) is 0 Å². The third-order valence-electron chi connectivity index (χ3n) is 2.81. The zero-order chi connectivity index (χ0) is 14.7. The summed E-state index contributed by atoms with van der Waals surface area (Å²) < 4.78 is 0. The Kier molecular flexibility index (Phi) is 4.26. The first kappa shape index (κ1) is 14.4. The van der Waals surface area contributed by atoms with E-state index in [1.807, 2.05) is 0 Å². The molecule has 0 atom stereocenters. The van der Waals surface area contributed by atoms with Crippen LogP contribution in [0.4, 0.5) is 0 Å². The average molecular weight is 292 g/mol. The van der Waals surface area contributed by atoms with Crippen LogP contribution < -0.4 is 0 Å². The van der Waals surface area contributed by atoms with Crippen molar-refractivity contribution in [3.05, 3.63) is 41.5 Å². The molecule has 3 N–H and O–H groups in total. The van der Waals surface area contributed by atoms with Gasteiger partial charge < -0.3 is 15.3 Å². The largest absolute Gasteiger partial charge is 0.478 e. The molecule has 0 amide bonds. The molecule has 0 saturated heterocycles. The Balaban J connectivity index is 2.77. The zero-order valence-corrected chi connectivity index (χ0v) is 11.2. The molecule has 0 spiro atoms. The molecule has 0 aliphatic carbocycles. The molecule has 0 aliphatic heterocycles. The minimum Gasteiger partial charge on any atom is -0.478 e. The lowest BCUT2D eigenvalue weighted by atomic mass is 9.99. The Morgan fingerprint density at radius 1 is 1.00 bits per heavy atom. The molecular weight excluding hydrogens is 280 g/mol. The molecule has 0 aromatic heterocycles. The number of rotatable bonds is 5. The van der Waals surface area contributed by atoms with Crippen molar-refractivity contribution in [3.8, 4) is 0 Å². The van der Waals surface area contributed by atoms with Crippen molar-refractivity contribution in [1.82, 2.24) is 0 Å². The van der Waals surface area contributed by atoms with Crippen LogP contribution in [0.15, 0.2) is 35.2 Å². The number of benzene rings is 2. The molecular formula is C14H12O5S. The molecule has 2 rings (SSSR count). The van der Waals surface area contributed by atoms with E-state index in [4.69, 9.17) is 5.11 Å². The summed E-state index contributed by atoms with van der Waals surface area (Å²) in [5, 5.41) is 28.1. The molecule has 2 aromatic carbocycles. The maximum Gasteiger partial charge on any atom is 0.336 e. The molecule has 5 nitrogen and oxygen atoms in total. The molecule has 0 aliphatic rings. The third-order valence-corrected chi connectivity index (χ3v) is 3.86. The van der Waals surface area contributed by atoms with Crippen molar-refractivity contribution >= 4 is 34.5 Å². The van der Waals surface area contributed by atoms with Gasteiger partial charge in [-0.15, -0.1) is 11.8 Å². The van der Waals surface area contributed by atoms with Gasteiger partial charge in [0.2, 0.25) is 0 Å². The zero-order valence-electron chi connectivity index (χ0n) is 10.4. The second kappa shape index (κ2) is 5.94. The van der Waals surface area contributed by atoms with Crippen molar-refractivity contribution in [2.45, 2.75) is 4.90 Å². The number of hydrogen-bond acceptors (Lipinski definition) is 4. The van der Waals surface area contributed by atoms with Crippen molar-refractivity contribution in [2.75, 3.05) is 12.4 Å². The molecule has 6 heteroatoms. The van der Waals surface area contributed by atoms with E-state index in [0.29, 0.717) is 11.1 Å². The van der Waals surface area contributed by atoms with Crippen molar-refractivity contribution < 1.29 is 24.9 Å². The lowest BCUT2D eigenvalue weighted by molar-refractivity contribution is 0.0695. The molecule has 20 heavy (non-hydrogen) atoms. The summed E-state index contributed by atoms with van der Waals surface area (Å²) in [4.78, 5) is 23.3. The Hall–Kier alpha value is -2.05. The summed E-state index contributed by atoms with van der Waals surface area (Å²) in [6.45, 7) is -0.00847. The van der Waals surface area contributed by atoms with E-state index in [2.05, 4.69) is 0 Å². The van der Waals surface area contributed by atoms with E-state index in [1.165, 1.54) is 23.9 Å². The quantitative estimate of drug-likeness (QED) is 0.732. The van der Waals surface area contributed by atoms with Gasteiger partial charge in [-0.25, -0.2) is 9.59 Å². The van der Waals surface area contributed by atoms with Crippen LogP contribution in [0.1, 0.15) is 20.7 Å². The van der Waals surface area contributed by atoms with Gasteiger partial charge in [-0.3, -0.25) is 0 Å². The van der Waals surface area contributed by atoms with Gasteiger partial charge in [0.1, 0.15) is 0 Å². The number of aromatic carboxylic acids is 2. The second-order valence-electron chi connectivity index (χ2n) is 4.02. The predicted octanol–water partition coefficient (Wildman–Crippen LogP) is 2.32. The summed E-state index contributed by atoms with van der Waals surface area (Å²) in [7, 11) is 0. The predicted molar refractivity (Wildman–Crippen MR) is 75.7 cm³/mol. The minimum absolute atomic E-state index is 0.00847. The van der Waals surface area contributed by atoms with Gasteiger partial charge in [-0.2, -0.15) is 0 Å². The highest BCUT2D eigenvalue weighted by Crippen LogP contribution is 2.32. The number of carboxylic acid groups (broad SMARTS) is 2. The first-order chi connectivity index (χ1) is 9.56. The van der Waals surface area contributed by atoms with Gasteiger partial charge in [0.05, 0.1) is 17.7 Å². The summed E-state index contributed by atoms with van der Waals surface area (Å²) in [6, 6.07) is 7.69. The Bertz CT molecular complexity index is 660. The van der Waals surface area contributed by atoms with Crippen LogP contribution in [0.5, 0.6) is 0 Å². The van der Waals surface area contributed by atoms with Gasteiger partial charge in [0, 0.05) is 16.0 Å². The van der Waals surface area contributed by atoms with E-state index in [1.54, 1.807) is 18.2 Å². The first-order valence-corrected chi connectivity index (χ1v) is 6.80. The van der Waals surface area contributed by atoms with Crippen molar-refractivity contribution in [1.29, 1.82) is 0 Å².